The number of piperazine rings is 1. The van der Waals surface area contributed by atoms with E-state index < -0.39 is 10.0 Å². The van der Waals surface area contributed by atoms with Gasteiger partial charge in [-0.15, -0.1) is 0 Å². The quantitative estimate of drug-likeness (QED) is 0.488. The maximum absolute atomic E-state index is 12.1. The SMILES string of the molecule is C[C@@H]1CN(c2cc(C#N)cc(Nc3nc(NC4CC4)n4ncc(C#N)c4n3)c2Cl)CCN1S(C)(=O)=O. The number of rotatable bonds is 6. The number of anilines is 4. The standard InChI is InChI=1S/C22H23ClN10O2S/c1-13-12-31(5-6-32(13)36(2,34)35)18-8-14(9-24)7-17(19(18)23)28-21-29-20-15(10-25)11-26-33(20)22(30-21)27-16-3-4-16/h7-8,11,13,16H,3-6,12H2,1-2H3,(H2,27,28,29,30)/t13-/m1/s1. The molecule has 14 heteroatoms. The minimum absolute atomic E-state index is 0.195. The average Bonchev–Trinajstić information content (AvgIpc) is 3.55. The van der Waals surface area contributed by atoms with Crippen molar-refractivity contribution in [3.05, 3.63) is 34.5 Å². The van der Waals surface area contributed by atoms with Gasteiger partial charge in [-0.2, -0.15) is 34.4 Å². The molecular weight excluding hydrogens is 504 g/mol. The lowest BCUT2D eigenvalue weighted by molar-refractivity contribution is 0.309. The van der Waals surface area contributed by atoms with E-state index in [9.17, 15) is 18.9 Å². The molecule has 0 spiro atoms. The van der Waals surface area contributed by atoms with Crippen molar-refractivity contribution in [2.75, 3.05) is 41.4 Å². The molecule has 0 unspecified atom stereocenters. The molecule has 1 aromatic carbocycles. The van der Waals surface area contributed by atoms with Crippen LogP contribution in [-0.2, 0) is 10.0 Å². The molecule has 2 aromatic heterocycles. The number of nitrogens with zero attached hydrogens (tertiary/aromatic N) is 8. The lowest BCUT2D eigenvalue weighted by Gasteiger charge is -2.40. The summed E-state index contributed by atoms with van der Waals surface area (Å²) in [4.78, 5) is 11.0. The zero-order valence-electron chi connectivity index (χ0n) is 19.6. The second-order valence-electron chi connectivity index (χ2n) is 8.96. The highest BCUT2D eigenvalue weighted by Gasteiger charge is 2.31. The number of nitrogens with one attached hydrogen (secondary N) is 2. The van der Waals surface area contributed by atoms with Crippen LogP contribution in [0.1, 0.15) is 30.9 Å². The molecule has 1 aliphatic carbocycles. The molecule has 1 saturated carbocycles. The topological polar surface area (TPSA) is 155 Å². The first kappa shape index (κ1) is 24.1. The van der Waals surface area contributed by atoms with Gasteiger partial charge in [-0.25, -0.2) is 8.42 Å². The van der Waals surface area contributed by atoms with E-state index in [1.165, 1.54) is 21.3 Å². The van der Waals surface area contributed by atoms with E-state index in [4.69, 9.17) is 11.6 Å². The predicted molar refractivity (Wildman–Crippen MR) is 135 cm³/mol. The molecule has 36 heavy (non-hydrogen) atoms. The molecule has 2 N–H and O–H groups in total. The third kappa shape index (κ3) is 4.60. The molecule has 186 valence electrons. The van der Waals surface area contributed by atoms with E-state index in [0.717, 1.165) is 12.8 Å². The summed E-state index contributed by atoms with van der Waals surface area (Å²) in [6.07, 6.45) is 4.67. The summed E-state index contributed by atoms with van der Waals surface area (Å²) >= 11 is 6.80. The van der Waals surface area contributed by atoms with Crippen LogP contribution < -0.4 is 15.5 Å². The molecule has 1 saturated heterocycles. The van der Waals surface area contributed by atoms with Crippen molar-refractivity contribution in [1.82, 2.24) is 23.9 Å². The number of fused-ring (bicyclic) bond motifs is 1. The lowest BCUT2D eigenvalue weighted by atomic mass is 10.1. The Morgan fingerprint density at radius 1 is 1.17 bits per heavy atom. The Morgan fingerprint density at radius 3 is 2.58 bits per heavy atom. The van der Waals surface area contributed by atoms with Gasteiger partial charge in [0.2, 0.25) is 21.9 Å². The average molecular weight is 527 g/mol. The van der Waals surface area contributed by atoms with Crippen LogP contribution in [0.3, 0.4) is 0 Å². The monoisotopic (exact) mass is 526 g/mol. The Kier molecular flexibility index (Phi) is 6.08. The molecule has 1 aliphatic heterocycles. The first-order valence-electron chi connectivity index (χ1n) is 11.3. The van der Waals surface area contributed by atoms with Gasteiger partial charge in [0.05, 0.1) is 40.5 Å². The van der Waals surface area contributed by atoms with Crippen molar-refractivity contribution < 1.29 is 8.42 Å². The maximum Gasteiger partial charge on any atom is 0.232 e. The van der Waals surface area contributed by atoms with Crippen molar-refractivity contribution >= 4 is 50.5 Å². The summed E-state index contributed by atoms with van der Waals surface area (Å²) in [5.74, 6) is 0.644. The van der Waals surface area contributed by atoms with E-state index in [1.54, 1.807) is 12.1 Å². The fourth-order valence-electron chi connectivity index (χ4n) is 4.28. The van der Waals surface area contributed by atoms with E-state index in [1.807, 2.05) is 11.8 Å². The minimum Gasteiger partial charge on any atom is -0.367 e. The van der Waals surface area contributed by atoms with E-state index in [-0.39, 0.29) is 18.0 Å². The fourth-order valence-corrected chi connectivity index (χ4v) is 5.69. The number of sulfonamides is 1. The Hall–Kier alpha value is -3.65. The van der Waals surface area contributed by atoms with Crippen LogP contribution in [0.4, 0.5) is 23.3 Å². The van der Waals surface area contributed by atoms with Gasteiger partial charge in [0.15, 0.2) is 5.65 Å². The van der Waals surface area contributed by atoms with Crippen LogP contribution in [0.15, 0.2) is 18.3 Å². The lowest BCUT2D eigenvalue weighted by Crippen LogP contribution is -2.53. The molecule has 3 aromatic rings. The van der Waals surface area contributed by atoms with Crippen molar-refractivity contribution in [3.63, 3.8) is 0 Å². The zero-order chi connectivity index (χ0) is 25.6. The summed E-state index contributed by atoms with van der Waals surface area (Å²) < 4.78 is 27.1. The third-order valence-corrected chi connectivity index (χ3v) is 7.95. The molecule has 2 aliphatic rings. The largest absolute Gasteiger partial charge is 0.367 e. The van der Waals surface area contributed by atoms with Crippen molar-refractivity contribution in [2.24, 2.45) is 0 Å². The highest BCUT2D eigenvalue weighted by molar-refractivity contribution is 7.88. The van der Waals surface area contributed by atoms with Crippen LogP contribution in [0.2, 0.25) is 5.02 Å². The van der Waals surface area contributed by atoms with Gasteiger partial charge in [0.1, 0.15) is 11.6 Å². The number of hydrogen-bond donors (Lipinski definition) is 2. The van der Waals surface area contributed by atoms with Crippen LogP contribution in [0.25, 0.3) is 5.65 Å². The van der Waals surface area contributed by atoms with Gasteiger partial charge in [-0.05, 0) is 31.9 Å². The molecule has 3 heterocycles. The van der Waals surface area contributed by atoms with Crippen LogP contribution in [-0.4, -0.2) is 70.3 Å². The molecular formula is C22H23ClN10O2S. The number of hydrogen-bond acceptors (Lipinski definition) is 10. The molecule has 2 fully saturated rings. The molecule has 5 rings (SSSR count). The highest BCUT2D eigenvalue weighted by Crippen LogP contribution is 2.37. The molecule has 0 radical (unpaired) electrons. The van der Waals surface area contributed by atoms with Gasteiger partial charge in [0.25, 0.3) is 0 Å². The number of aromatic nitrogens is 4. The van der Waals surface area contributed by atoms with Gasteiger partial charge in [-0.1, -0.05) is 11.6 Å². The predicted octanol–water partition coefficient (Wildman–Crippen LogP) is 2.31. The normalized spacial score (nSPS) is 18.6. The van der Waals surface area contributed by atoms with Crippen molar-refractivity contribution in [2.45, 2.75) is 31.8 Å². The third-order valence-electron chi connectivity index (χ3n) is 6.16. The Balaban J connectivity index is 1.50. The van der Waals surface area contributed by atoms with Crippen molar-refractivity contribution in [1.29, 1.82) is 10.5 Å². The second kappa shape index (κ2) is 9.09. The van der Waals surface area contributed by atoms with E-state index in [0.29, 0.717) is 58.8 Å². The van der Waals surface area contributed by atoms with Crippen LogP contribution in [0.5, 0.6) is 0 Å². The Bertz CT molecular complexity index is 1540. The molecule has 0 amide bonds. The number of benzene rings is 1. The Morgan fingerprint density at radius 2 is 1.94 bits per heavy atom. The summed E-state index contributed by atoms with van der Waals surface area (Å²) in [7, 11) is -3.32. The van der Waals surface area contributed by atoms with Crippen LogP contribution >= 0.6 is 11.6 Å². The summed E-state index contributed by atoms with van der Waals surface area (Å²) in [6, 6.07) is 7.55. The van der Waals surface area contributed by atoms with Gasteiger partial charge < -0.3 is 15.5 Å². The van der Waals surface area contributed by atoms with E-state index in [2.05, 4.69) is 37.8 Å². The summed E-state index contributed by atoms with van der Waals surface area (Å²) in [5, 5.41) is 30.1. The highest BCUT2D eigenvalue weighted by atomic mass is 35.5. The molecule has 12 nitrogen and oxygen atoms in total. The van der Waals surface area contributed by atoms with Crippen molar-refractivity contribution in [3.8, 4) is 12.1 Å². The zero-order valence-corrected chi connectivity index (χ0v) is 21.2. The van der Waals surface area contributed by atoms with Gasteiger partial charge in [0, 0.05) is 31.7 Å². The smallest absolute Gasteiger partial charge is 0.232 e. The second-order valence-corrected chi connectivity index (χ2v) is 11.3. The van der Waals surface area contributed by atoms with Gasteiger partial charge >= 0.3 is 0 Å². The summed E-state index contributed by atoms with van der Waals surface area (Å²) in [6.45, 7) is 2.99. The van der Waals surface area contributed by atoms with E-state index >= 15 is 0 Å². The molecule has 0 bridgehead atoms. The Labute approximate surface area is 213 Å². The summed E-state index contributed by atoms with van der Waals surface area (Å²) in [5.41, 5.74) is 2.04. The first-order valence-corrected chi connectivity index (χ1v) is 13.6. The van der Waals surface area contributed by atoms with Crippen LogP contribution in [0, 0.1) is 22.7 Å². The number of halogens is 1. The fraction of sp³-hybridized carbons (Fsp3) is 0.409. The molecule has 1 atom stereocenters. The first-order chi connectivity index (χ1) is 17.2. The maximum atomic E-state index is 12.1. The minimum atomic E-state index is -3.32. The number of nitriles is 2. The van der Waals surface area contributed by atoms with Gasteiger partial charge in [-0.3, -0.25) is 0 Å².